The Kier molecular flexibility index (Phi) is 2.13. The molecule has 0 aliphatic carbocycles. The van der Waals surface area contributed by atoms with Crippen molar-refractivity contribution in [1.29, 1.82) is 0 Å². The molecule has 0 aromatic carbocycles. The van der Waals surface area contributed by atoms with Gasteiger partial charge in [-0.15, -0.1) is 0 Å². The second-order valence-corrected chi connectivity index (χ2v) is 4.75. The molecular weight excluding hydrogens is 211 g/mol. The summed E-state index contributed by atoms with van der Waals surface area (Å²) in [4.78, 5) is -0.164. The third-order valence-electron chi connectivity index (χ3n) is 1.10. The number of halogens is 2. The molecule has 0 amide bonds. The van der Waals surface area contributed by atoms with Crippen molar-refractivity contribution >= 4 is 31.3 Å². The molecule has 0 bridgehead atoms. The first kappa shape index (κ1) is 8.83. The van der Waals surface area contributed by atoms with E-state index >= 15 is 0 Å². The van der Waals surface area contributed by atoms with Crippen molar-refractivity contribution in [2.45, 2.75) is 4.90 Å². The Hall–Kier alpha value is -0.260. The van der Waals surface area contributed by atoms with E-state index in [2.05, 4.69) is 5.10 Å². The summed E-state index contributed by atoms with van der Waals surface area (Å²) in [6.45, 7) is 0. The van der Waals surface area contributed by atoms with Crippen molar-refractivity contribution in [2.75, 3.05) is 0 Å². The number of nitrogens with zero attached hydrogens (tertiary/aromatic N) is 2. The summed E-state index contributed by atoms with van der Waals surface area (Å²) in [6.07, 6.45) is 1.10. The summed E-state index contributed by atoms with van der Waals surface area (Å²) < 4.78 is 22.6. The zero-order chi connectivity index (χ0) is 8.65. The van der Waals surface area contributed by atoms with Crippen LogP contribution in [0.4, 0.5) is 0 Å². The second-order valence-electron chi connectivity index (χ2n) is 1.86. The van der Waals surface area contributed by atoms with Gasteiger partial charge in [0.2, 0.25) is 0 Å². The van der Waals surface area contributed by atoms with Crippen molar-refractivity contribution in [1.82, 2.24) is 9.78 Å². The average molecular weight is 215 g/mol. The van der Waals surface area contributed by atoms with E-state index in [1.165, 1.54) is 11.7 Å². The van der Waals surface area contributed by atoms with Gasteiger partial charge in [0.15, 0.2) is 0 Å². The molecule has 0 aliphatic rings. The summed E-state index contributed by atoms with van der Waals surface area (Å²) in [5.41, 5.74) is 0. The van der Waals surface area contributed by atoms with Crippen molar-refractivity contribution in [3.8, 4) is 0 Å². The maximum atomic E-state index is 10.7. The van der Waals surface area contributed by atoms with Gasteiger partial charge in [-0.25, -0.2) is 8.42 Å². The van der Waals surface area contributed by atoms with Crippen molar-refractivity contribution < 1.29 is 8.42 Å². The molecule has 0 saturated carbocycles. The summed E-state index contributed by atoms with van der Waals surface area (Å²) in [5, 5.41) is 3.62. The molecule has 1 rings (SSSR count). The van der Waals surface area contributed by atoms with E-state index in [9.17, 15) is 8.42 Å². The number of hydrogen-bond donors (Lipinski definition) is 0. The fraction of sp³-hybridized carbons (Fsp3) is 0.250. The second kappa shape index (κ2) is 2.66. The van der Waals surface area contributed by atoms with Crippen LogP contribution >= 0.6 is 22.3 Å². The van der Waals surface area contributed by atoms with Gasteiger partial charge in [0.1, 0.15) is 10.0 Å². The molecule has 0 spiro atoms. The highest BCUT2D eigenvalue weighted by Crippen LogP contribution is 2.22. The Balaban J connectivity index is 3.38. The Labute approximate surface area is 73.1 Å². The van der Waals surface area contributed by atoms with Gasteiger partial charge in [-0.05, 0) is 0 Å². The highest BCUT2D eigenvalue weighted by atomic mass is 35.7. The molecule has 0 N–H and O–H groups in total. The minimum atomic E-state index is -3.76. The maximum absolute atomic E-state index is 10.7. The number of aryl methyl sites for hydroxylation is 1. The molecule has 1 heterocycles. The van der Waals surface area contributed by atoms with Gasteiger partial charge < -0.3 is 0 Å². The molecule has 0 saturated heterocycles. The Morgan fingerprint density at radius 1 is 1.64 bits per heavy atom. The zero-order valence-electron chi connectivity index (χ0n) is 5.45. The van der Waals surface area contributed by atoms with Crippen LogP contribution in [0.3, 0.4) is 0 Å². The molecule has 0 aliphatic heterocycles. The van der Waals surface area contributed by atoms with Gasteiger partial charge in [0, 0.05) is 17.7 Å². The number of rotatable bonds is 1. The quantitative estimate of drug-likeness (QED) is 0.656. The predicted octanol–water partition coefficient (Wildman–Crippen LogP) is 1.00. The molecule has 62 valence electrons. The molecule has 1 aromatic heterocycles. The van der Waals surface area contributed by atoms with Gasteiger partial charge in [-0.1, -0.05) is 11.6 Å². The van der Waals surface area contributed by atoms with Gasteiger partial charge in [-0.2, -0.15) is 5.10 Å². The fourth-order valence-corrected chi connectivity index (χ4v) is 1.93. The van der Waals surface area contributed by atoms with Crippen molar-refractivity contribution in [3.63, 3.8) is 0 Å². The Bertz CT molecular complexity index is 369. The Morgan fingerprint density at radius 3 is 2.36 bits per heavy atom. The fourth-order valence-electron chi connectivity index (χ4n) is 0.566. The summed E-state index contributed by atoms with van der Waals surface area (Å²) in [6, 6.07) is 0. The molecule has 7 heteroatoms. The third-order valence-corrected chi connectivity index (χ3v) is 2.98. The van der Waals surface area contributed by atoms with Gasteiger partial charge in [0.05, 0.1) is 6.20 Å². The van der Waals surface area contributed by atoms with E-state index in [0.29, 0.717) is 0 Å². The van der Waals surface area contributed by atoms with Crippen LogP contribution in [0.5, 0.6) is 0 Å². The lowest BCUT2D eigenvalue weighted by molar-refractivity contribution is 0.609. The first-order chi connectivity index (χ1) is 4.93. The minimum Gasteiger partial charge on any atom is -0.256 e. The molecular formula is C4H4Cl2N2O2S. The van der Waals surface area contributed by atoms with E-state index in [0.717, 1.165) is 6.20 Å². The van der Waals surface area contributed by atoms with Gasteiger partial charge in [0.25, 0.3) is 9.05 Å². The average Bonchev–Trinajstić information content (AvgIpc) is 2.11. The van der Waals surface area contributed by atoms with Crippen molar-refractivity contribution in [3.05, 3.63) is 11.3 Å². The van der Waals surface area contributed by atoms with Crippen LogP contribution in [0, 0.1) is 0 Å². The monoisotopic (exact) mass is 214 g/mol. The van der Waals surface area contributed by atoms with Crippen LogP contribution in [-0.2, 0) is 16.1 Å². The number of hydrogen-bond acceptors (Lipinski definition) is 3. The van der Waals surface area contributed by atoms with Crippen molar-refractivity contribution in [2.24, 2.45) is 7.05 Å². The molecule has 0 atom stereocenters. The predicted molar refractivity (Wildman–Crippen MR) is 41.3 cm³/mol. The first-order valence-electron chi connectivity index (χ1n) is 2.55. The molecule has 4 nitrogen and oxygen atoms in total. The molecule has 11 heavy (non-hydrogen) atoms. The lowest BCUT2D eigenvalue weighted by Crippen LogP contribution is -1.92. The van der Waals surface area contributed by atoms with E-state index in [4.69, 9.17) is 22.3 Å². The summed E-state index contributed by atoms with van der Waals surface area (Å²) in [7, 11) is 2.78. The van der Waals surface area contributed by atoms with E-state index < -0.39 is 9.05 Å². The molecule has 0 unspecified atom stereocenters. The van der Waals surface area contributed by atoms with E-state index in [1.54, 1.807) is 0 Å². The molecule has 0 radical (unpaired) electrons. The van der Waals surface area contributed by atoms with Crippen LogP contribution in [0.15, 0.2) is 11.1 Å². The topological polar surface area (TPSA) is 52.0 Å². The molecule has 0 fully saturated rings. The molecule has 1 aromatic rings. The highest BCUT2D eigenvalue weighted by Gasteiger charge is 2.17. The smallest absolute Gasteiger partial charge is 0.256 e. The summed E-state index contributed by atoms with van der Waals surface area (Å²) >= 11 is 5.53. The largest absolute Gasteiger partial charge is 0.265 e. The lowest BCUT2D eigenvalue weighted by atomic mass is 10.7. The lowest BCUT2D eigenvalue weighted by Gasteiger charge is -1.91. The number of aromatic nitrogens is 2. The highest BCUT2D eigenvalue weighted by molar-refractivity contribution is 8.13. The Morgan fingerprint density at radius 2 is 2.18 bits per heavy atom. The van der Waals surface area contributed by atoms with Crippen LogP contribution in [0.25, 0.3) is 0 Å². The zero-order valence-corrected chi connectivity index (χ0v) is 7.78. The van der Waals surface area contributed by atoms with E-state index in [1.807, 2.05) is 0 Å². The maximum Gasteiger partial charge on any atom is 0.265 e. The van der Waals surface area contributed by atoms with Crippen LogP contribution in [0.1, 0.15) is 0 Å². The van der Waals surface area contributed by atoms with Crippen LogP contribution in [-0.4, -0.2) is 18.2 Å². The van der Waals surface area contributed by atoms with Gasteiger partial charge in [-0.3, -0.25) is 4.68 Å². The summed E-state index contributed by atoms with van der Waals surface area (Å²) in [5.74, 6) is 0. The van der Waals surface area contributed by atoms with Crippen LogP contribution < -0.4 is 0 Å². The minimum absolute atomic E-state index is 0.0139. The standard InChI is InChI=1S/C4H4Cl2N2O2S/c1-8-4(5)3(2-7-8)11(6,9)10/h2H,1H3. The van der Waals surface area contributed by atoms with Gasteiger partial charge >= 0.3 is 0 Å². The normalized spacial score (nSPS) is 11.9. The SMILES string of the molecule is Cn1ncc(S(=O)(=O)Cl)c1Cl. The van der Waals surface area contributed by atoms with Crippen LogP contribution in [0.2, 0.25) is 5.15 Å². The third kappa shape index (κ3) is 1.66. The first-order valence-corrected chi connectivity index (χ1v) is 5.24. The van der Waals surface area contributed by atoms with E-state index in [-0.39, 0.29) is 10.0 Å².